The Labute approximate surface area is 103 Å². The first-order valence-electron chi connectivity index (χ1n) is 6.27. The second-order valence-corrected chi connectivity index (χ2v) is 4.20. The van der Waals surface area contributed by atoms with Crippen LogP contribution in [0.25, 0.3) is 0 Å². The number of aryl methyl sites for hydroxylation is 1. The first-order valence-corrected chi connectivity index (χ1v) is 6.27. The maximum absolute atomic E-state index is 5.43. The van der Waals surface area contributed by atoms with Crippen molar-refractivity contribution in [2.75, 3.05) is 23.9 Å². The Morgan fingerprint density at radius 3 is 2.65 bits per heavy atom. The number of hydrogen-bond donors (Lipinski definition) is 2. The first-order chi connectivity index (χ1) is 8.21. The number of aromatic nitrogens is 2. The summed E-state index contributed by atoms with van der Waals surface area (Å²) in [5.74, 6) is 7.89. The van der Waals surface area contributed by atoms with Gasteiger partial charge in [-0.05, 0) is 12.8 Å². The van der Waals surface area contributed by atoms with Crippen molar-refractivity contribution in [3.63, 3.8) is 0 Å². The van der Waals surface area contributed by atoms with Gasteiger partial charge < -0.3 is 10.3 Å². The van der Waals surface area contributed by atoms with Gasteiger partial charge in [-0.2, -0.15) is 0 Å². The van der Waals surface area contributed by atoms with Crippen molar-refractivity contribution in [1.82, 2.24) is 9.97 Å². The van der Waals surface area contributed by atoms with E-state index >= 15 is 0 Å². The molecule has 0 bridgehead atoms. The van der Waals surface area contributed by atoms with Crippen LogP contribution >= 0.6 is 0 Å². The Balaban J connectivity index is 2.85. The summed E-state index contributed by atoms with van der Waals surface area (Å²) in [5, 5.41) is 0. The molecule has 5 nitrogen and oxygen atoms in total. The number of rotatable bonds is 7. The molecule has 17 heavy (non-hydrogen) atoms. The van der Waals surface area contributed by atoms with Crippen LogP contribution in [0.4, 0.5) is 11.6 Å². The Hall–Kier alpha value is -1.36. The van der Waals surface area contributed by atoms with Crippen LogP contribution in [0.1, 0.15) is 38.9 Å². The van der Waals surface area contributed by atoms with Gasteiger partial charge in [0.05, 0.1) is 0 Å². The predicted molar refractivity (Wildman–Crippen MR) is 72.0 cm³/mol. The van der Waals surface area contributed by atoms with Crippen LogP contribution in [0.3, 0.4) is 0 Å². The topological polar surface area (TPSA) is 67.1 Å². The third kappa shape index (κ3) is 4.19. The molecule has 0 unspecified atom stereocenters. The lowest BCUT2D eigenvalue weighted by Crippen LogP contribution is -2.21. The predicted octanol–water partition coefficient (Wildman–Crippen LogP) is 1.95. The molecular formula is C12H23N5. The molecule has 96 valence electrons. The lowest BCUT2D eigenvalue weighted by Gasteiger charge is -2.19. The number of unbranched alkanes of at least 4 members (excludes halogenated alkanes) is 1. The summed E-state index contributed by atoms with van der Waals surface area (Å²) in [5.41, 5.74) is 2.60. The molecule has 0 aliphatic carbocycles. The fourth-order valence-corrected chi connectivity index (χ4v) is 1.60. The van der Waals surface area contributed by atoms with Gasteiger partial charge >= 0.3 is 0 Å². The summed E-state index contributed by atoms with van der Waals surface area (Å²) < 4.78 is 0. The van der Waals surface area contributed by atoms with Crippen molar-refractivity contribution >= 4 is 11.6 Å². The van der Waals surface area contributed by atoms with Crippen LogP contribution in [0, 0.1) is 0 Å². The van der Waals surface area contributed by atoms with Gasteiger partial charge in [0.2, 0.25) is 0 Å². The van der Waals surface area contributed by atoms with Crippen molar-refractivity contribution in [3.8, 4) is 0 Å². The summed E-state index contributed by atoms with van der Waals surface area (Å²) >= 11 is 0. The molecule has 3 N–H and O–H groups in total. The number of nitrogen functional groups attached to an aromatic ring is 1. The SMILES string of the molecule is CCCCN(C)c1cc(NN)nc(CCC)n1. The minimum Gasteiger partial charge on any atom is -0.360 e. The van der Waals surface area contributed by atoms with E-state index in [4.69, 9.17) is 5.84 Å². The highest BCUT2D eigenvalue weighted by Crippen LogP contribution is 2.15. The van der Waals surface area contributed by atoms with Crippen molar-refractivity contribution in [1.29, 1.82) is 0 Å². The monoisotopic (exact) mass is 237 g/mol. The molecular weight excluding hydrogens is 214 g/mol. The lowest BCUT2D eigenvalue weighted by molar-refractivity contribution is 0.749. The fraction of sp³-hybridized carbons (Fsp3) is 0.667. The van der Waals surface area contributed by atoms with Gasteiger partial charge in [-0.3, -0.25) is 0 Å². The van der Waals surface area contributed by atoms with E-state index in [1.807, 2.05) is 13.1 Å². The van der Waals surface area contributed by atoms with Gasteiger partial charge in [0, 0.05) is 26.1 Å². The van der Waals surface area contributed by atoms with Crippen LogP contribution in [0.15, 0.2) is 6.07 Å². The smallest absolute Gasteiger partial charge is 0.145 e. The Morgan fingerprint density at radius 1 is 1.29 bits per heavy atom. The van der Waals surface area contributed by atoms with E-state index < -0.39 is 0 Å². The molecule has 5 heteroatoms. The van der Waals surface area contributed by atoms with E-state index in [0.717, 1.165) is 37.4 Å². The summed E-state index contributed by atoms with van der Waals surface area (Å²) in [6, 6.07) is 1.88. The molecule has 1 heterocycles. The molecule has 1 aromatic heterocycles. The molecule has 1 rings (SSSR count). The van der Waals surface area contributed by atoms with Gasteiger partial charge in [-0.15, -0.1) is 0 Å². The molecule has 0 amide bonds. The fourth-order valence-electron chi connectivity index (χ4n) is 1.60. The number of nitrogens with two attached hydrogens (primary N) is 1. The maximum atomic E-state index is 5.43. The second kappa shape index (κ2) is 7.06. The van der Waals surface area contributed by atoms with Crippen molar-refractivity contribution in [3.05, 3.63) is 11.9 Å². The third-order valence-electron chi connectivity index (χ3n) is 2.62. The van der Waals surface area contributed by atoms with Gasteiger partial charge in [0.15, 0.2) is 0 Å². The van der Waals surface area contributed by atoms with E-state index in [0.29, 0.717) is 5.82 Å². The molecule has 1 aromatic rings. The van der Waals surface area contributed by atoms with Crippen LogP contribution < -0.4 is 16.2 Å². The molecule has 0 atom stereocenters. The number of hydrazine groups is 1. The standard InChI is InChI=1S/C12H23N5/c1-4-6-8-17(3)12-9-11(16-13)14-10(15-12)7-5-2/h9H,4-8,13H2,1-3H3,(H,14,15,16). The van der Waals surface area contributed by atoms with Crippen LogP contribution in [0.5, 0.6) is 0 Å². The second-order valence-electron chi connectivity index (χ2n) is 4.20. The lowest BCUT2D eigenvalue weighted by atomic mass is 10.3. The van der Waals surface area contributed by atoms with Gasteiger partial charge in [0.1, 0.15) is 17.5 Å². The minimum absolute atomic E-state index is 0.682. The van der Waals surface area contributed by atoms with Crippen LogP contribution in [-0.2, 0) is 6.42 Å². The molecule has 0 saturated carbocycles. The maximum Gasteiger partial charge on any atom is 0.145 e. The Morgan fingerprint density at radius 2 is 2.06 bits per heavy atom. The zero-order valence-corrected chi connectivity index (χ0v) is 11.0. The molecule has 0 aliphatic heterocycles. The number of nitrogens with one attached hydrogen (secondary N) is 1. The number of anilines is 2. The number of nitrogens with zero attached hydrogens (tertiary/aromatic N) is 3. The van der Waals surface area contributed by atoms with Crippen molar-refractivity contribution in [2.24, 2.45) is 5.84 Å². The average Bonchev–Trinajstić information content (AvgIpc) is 2.35. The largest absolute Gasteiger partial charge is 0.360 e. The highest BCUT2D eigenvalue weighted by molar-refractivity contribution is 5.48. The Bertz CT molecular complexity index is 340. The average molecular weight is 237 g/mol. The third-order valence-corrected chi connectivity index (χ3v) is 2.62. The zero-order valence-electron chi connectivity index (χ0n) is 11.0. The summed E-state index contributed by atoms with van der Waals surface area (Å²) in [6.07, 6.45) is 4.25. The van der Waals surface area contributed by atoms with Gasteiger partial charge in [0.25, 0.3) is 0 Å². The van der Waals surface area contributed by atoms with Crippen molar-refractivity contribution < 1.29 is 0 Å². The van der Waals surface area contributed by atoms with E-state index in [1.165, 1.54) is 6.42 Å². The summed E-state index contributed by atoms with van der Waals surface area (Å²) in [6.45, 7) is 5.30. The molecule has 0 aromatic carbocycles. The molecule has 0 aliphatic rings. The van der Waals surface area contributed by atoms with Crippen LogP contribution in [0.2, 0.25) is 0 Å². The molecule has 0 radical (unpaired) electrons. The van der Waals surface area contributed by atoms with E-state index in [1.54, 1.807) is 0 Å². The van der Waals surface area contributed by atoms with Crippen LogP contribution in [-0.4, -0.2) is 23.6 Å². The minimum atomic E-state index is 0.682. The molecule has 0 saturated heterocycles. The first kappa shape index (κ1) is 13.7. The molecule has 0 fully saturated rings. The number of hydrogen-bond acceptors (Lipinski definition) is 5. The van der Waals surface area contributed by atoms with E-state index in [-0.39, 0.29) is 0 Å². The zero-order chi connectivity index (χ0) is 12.7. The van der Waals surface area contributed by atoms with E-state index in [9.17, 15) is 0 Å². The van der Waals surface area contributed by atoms with Gasteiger partial charge in [-0.25, -0.2) is 15.8 Å². The van der Waals surface area contributed by atoms with Crippen molar-refractivity contribution in [2.45, 2.75) is 39.5 Å². The highest BCUT2D eigenvalue weighted by Gasteiger charge is 2.07. The molecule has 0 spiro atoms. The van der Waals surface area contributed by atoms with E-state index in [2.05, 4.69) is 34.1 Å². The highest BCUT2D eigenvalue weighted by atomic mass is 15.3. The van der Waals surface area contributed by atoms with Gasteiger partial charge in [-0.1, -0.05) is 20.3 Å². The normalized spacial score (nSPS) is 10.4. The quantitative estimate of drug-likeness (QED) is 0.560. The summed E-state index contributed by atoms with van der Waals surface area (Å²) in [4.78, 5) is 11.0. The summed E-state index contributed by atoms with van der Waals surface area (Å²) in [7, 11) is 2.05. The Kier molecular flexibility index (Phi) is 5.69.